The standard InChI is InChI=1S/C17H23N3O/c1-13(11-20-10-9-18-12-20)19-17(14-3-4-14)15-5-7-16(21-2)8-6-15/h5-10,12-14,17,19H,3-4,11H2,1-2H3. The van der Waals surface area contributed by atoms with E-state index < -0.39 is 0 Å². The zero-order valence-electron chi connectivity index (χ0n) is 12.7. The lowest BCUT2D eigenvalue weighted by Crippen LogP contribution is -2.34. The van der Waals surface area contributed by atoms with Crippen LogP contribution < -0.4 is 10.1 Å². The molecule has 0 bridgehead atoms. The first-order valence-electron chi connectivity index (χ1n) is 7.62. The Morgan fingerprint density at radius 2 is 2.10 bits per heavy atom. The summed E-state index contributed by atoms with van der Waals surface area (Å²) in [6, 6.07) is 9.30. The number of nitrogens with one attached hydrogen (secondary N) is 1. The van der Waals surface area contributed by atoms with Gasteiger partial charge in [-0.25, -0.2) is 4.98 Å². The van der Waals surface area contributed by atoms with Crippen LogP contribution in [0.3, 0.4) is 0 Å². The molecule has 4 nitrogen and oxygen atoms in total. The molecule has 0 spiro atoms. The molecule has 3 rings (SSSR count). The van der Waals surface area contributed by atoms with Crippen molar-refractivity contribution in [3.8, 4) is 5.75 Å². The van der Waals surface area contributed by atoms with E-state index in [9.17, 15) is 0 Å². The zero-order valence-corrected chi connectivity index (χ0v) is 12.7. The lowest BCUT2D eigenvalue weighted by molar-refractivity contribution is 0.385. The molecule has 112 valence electrons. The van der Waals surface area contributed by atoms with Gasteiger partial charge in [-0.15, -0.1) is 0 Å². The molecule has 1 heterocycles. The summed E-state index contributed by atoms with van der Waals surface area (Å²) in [5.41, 5.74) is 1.36. The highest BCUT2D eigenvalue weighted by Gasteiger charge is 2.32. The molecule has 1 saturated carbocycles. The highest BCUT2D eigenvalue weighted by atomic mass is 16.5. The van der Waals surface area contributed by atoms with Crippen LogP contribution in [0.5, 0.6) is 5.75 Å². The lowest BCUT2D eigenvalue weighted by Gasteiger charge is -2.24. The van der Waals surface area contributed by atoms with E-state index in [4.69, 9.17) is 4.74 Å². The Hall–Kier alpha value is -1.81. The summed E-state index contributed by atoms with van der Waals surface area (Å²) < 4.78 is 7.37. The van der Waals surface area contributed by atoms with Gasteiger partial charge in [-0.2, -0.15) is 0 Å². The highest BCUT2D eigenvalue weighted by molar-refractivity contribution is 5.30. The number of hydrogen-bond acceptors (Lipinski definition) is 3. The van der Waals surface area contributed by atoms with E-state index in [-0.39, 0.29) is 0 Å². The van der Waals surface area contributed by atoms with Crippen molar-refractivity contribution in [3.05, 3.63) is 48.5 Å². The largest absolute Gasteiger partial charge is 0.497 e. The SMILES string of the molecule is COc1ccc(C(NC(C)Cn2ccnc2)C2CC2)cc1. The van der Waals surface area contributed by atoms with Gasteiger partial charge in [0.2, 0.25) is 0 Å². The normalized spacial score (nSPS) is 17.4. The van der Waals surface area contributed by atoms with Crippen LogP contribution in [-0.4, -0.2) is 22.7 Å². The maximum Gasteiger partial charge on any atom is 0.118 e. The number of methoxy groups -OCH3 is 1. The van der Waals surface area contributed by atoms with Gasteiger partial charge in [0.1, 0.15) is 5.75 Å². The second-order valence-electron chi connectivity index (χ2n) is 5.92. The molecule has 0 radical (unpaired) electrons. The average molecular weight is 285 g/mol. The number of imidazole rings is 1. The van der Waals surface area contributed by atoms with Crippen molar-refractivity contribution >= 4 is 0 Å². The molecule has 0 saturated heterocycles. The Balaban J connectivity index is 1.66. The highest BCUT2D eigenvalue weighted by Crippen LogP contribution is 2.41. The first-order chi connectivity index (χ1) is 10.3. The van der Waals surface area contributed by atoms with E-state index in [0.717, 1.165) is 18.2 Å². The summed E-state index contributed by atoms with van der Waals surface area (Å²) in [6.07, 6.45) is 8.35. The van der Waals surface area contributed by atoms with Crippen LogP contribution in [-0.2, 0) is 6.54 Å². The van der Waals surface area contributed by atoms with Crippen molar-refractivity contribution in [3.63, 3.8) is 0 Å². The van der Waals surface area contributed by atoms with Gasteiger partial charge < -0.3 is 14.6 Å². The maximum atomic E-state index is 5.25. The molecule has 0 amide bonds. The first kappa shape index (κ1) is 14.1. The minimum absolute atomic E-state index is 0.409. The molecule has 4 heteroatoms. The second kappa shape index (κ2) is 6.31. The molecular weight excluding hydrogens is 262 g/mol. The Labute approximate surface area is 126 Å². The van der Waals surface area contributed by atoms with Crippen LogP contribution in [0.2, 0.25) is 0 Å². The van der Waals surface area contributed by atoms with Gasteiger partial charge in [-0.05, 0) is 43.4 Å². The third-order valence-corrected chi connectivity index (χ3v) is 4.08. The van der Waals surface area contributed by atoms with E-state index in [1.807, 2.05) is 30.9 Å². The van der Waals surface area contributed by atoms with Crippen molar-refractivity contribution in [2.75, 3.05) is 7.11 Å². The van der Waals surface area contributed by atoms with Crippen LogP contribution >= 0.6 is 0 Å². The Bertz CT molecular complexity index is 546. The third-order valence-electron chi connectivity index (χ3n) is 4.08. The Kier molecular flexibility index (Phi) is 4.25. The topological polar surface area (TPSA) is 39.1 Å². The van der Waals surface area contributed by atoms with E-state index in [1.165, 1.54) is 18.4 Å². The second-order valence-corrected chi connectivity index (χ2v) is 5.92. The minimum Gasteiger partial charge on any atom is -0.497 e. The summed E-state index contributed by atoms with van der Waals surface area (Å²) in [5, 5.41) is 3.78. The van der Waals surface area contributed by atoms with Crippen LogP contribution in [0.1, 0.15) is 31.4 Å². The monoisotopic (exact) mass is 285 g/mol. The van der Waals surface area contributed by atoms with Gasteiger partial charge >= 0.3 is 0 Å². The molecule has 1 aromatic carbocycles. The quantitative estimate of drug-likeness (QED) is 0.850. The summed E-state index contributed by atoms with van der Waals surface area (Å²) >= 11 is 0. The smallest absolute Gasteiger partial charge is 0.118 e. The number of ether oxygens (including phenoxy) is 1. The summed E-state index contributed by atoms with van der Waals surface area (Å²) in [6.45, 7) is 3.18. The van der Waals surface area contributed by atoms with Gasteiger partial charge in [0.15, 0.2) is 0 Å². The Morgan fingerprint density at radius 1 is 1.33 bits per heavy atom. The fourth-order valence-electron chi connectivity index (χ4n) is 2.82. The van der Waals surface area contributed by atoms with Crippen molar-refractivity contribution in [2.24, 2.45) is 5.92 Å². The number of aromatic nitrogens is 2. The molecule has 1 aromatic heterocycles. The molecule has 1 aliphatic carbocycles. The molecular formula is C17H23N3O. The first-order valence-corrected chi connectivity index (χ1v) is 7.62. The molecule has 2 aromatic rings. The molecule has 2 atom stereocenters. The van der Waals surface area contributed by atoms with Crippen LogP contribution in [0.15, 0.2) is 43.0 Å². The number of hydrogen-bond donors (Lipinski definition) is 1. The van der Waals surface area contributed by atoms with E-state index in [0.29, 0.717) is 12.1 Å². The summed E-state index contributed by atoms with van der Waals surface area (Å²) in [4.78, 5) is 4.10. The Morgan fingerprint density at radius 3 is 2.67 bits per heavy atom. The van der Waals surface area contributed by atoms with Crippen molar-refractivity contribution in [2.45, 2.75) is 38.4 Å². The van der Waals surface area contributed by atoms with Crippen LogP contribution in [0, 0.1) is 5.92 Å². The maximum absolute atomic E-state index is 5.25. The van der Waals surface area contributed by atoms with Gasteiger partial charge in [0.05, 0.1) is 13.4 Å². The van der Waals surface area contributed by atoms with Crippen molar-refractivity contribution in [1.29, 1.82) is 0 Å². The van der Waals surface area contributed by atoms with Gasteiger partial charge in [-0.3, -0.25) is 0 Å². The molecule has 21 heavy (non-hydrogen) atoms. The van der Waals surface area contributed by atoms with Crippen LogP contribution in [0.25, 0.3) is 0 Å². The molecule has 1 fully saturated rings. The van der Waals surface area contributed by atoms with Crippen molar-refractivity contribution < 1.29 is 4.74 Å². The van der Waals surface area contributed by atoms with Gasteiger partial charge in [0.25, 0.3) is 0 Å². The summed E-state index contributed by atoms with van der Waals surface area (Å²) in [7, 11) is 1.71. The number of rotatable bonds is 7. The molecule has 0 aliphatic heterocycles. The van der Waals surface area contributed by atoms with Gasteiger partial charge in [-0.1, -0.05) is 12.1 Å². The number of nitrogens with zero attached hydrogens (tertiary/aromatic N) is 2. The van der Waals surface area contributed by atoms with Crippen LogP contribution in [0.4, 0.5) is 0 Å². The van der Waals surface area contributed by atoms with E-state index >= 15 is 0 Å². The van der Waals surface area contributed by atoms with Gasteiger partial charge in [0, 0.05) is 31.0 Å². The molecule has 1 N–H and O–H groups in total. The lowest BCUT2D eigenvalue weighted by atomic mass is 10.0. The van der Waals surface area contributed by atoms with E-state index in [2.05, 4.69) is 33.9 Å². The average Bonchev–Trinajstić information content (AvgIpc) is 3.23. The summed E-state index contributed by atoms with van der Waals surface area (Å²) in [5.74, 6) is 1.68. The third kappa shape index (κ3) is 3.64. The zero-order chi connectivity index (χ0) is 14.7. The predicted molar refractivity (Wildman–Crippen MR) is 83.3 cm³/mol. The predicted octanol–water partition coefficient (Wildman–Crippen LogP) is 3.02. The fraction of sp³-hybridized carbons (Fsp3) is 0.471. The fourth-order valence-corrected chi connectivity index (χ4v) is 2.82. The molecule has 2 unspecified atom stereocenters. The van der Waals surface area contributed by atoms with E-state index in [1.54, 1.807) is 7.11 Å². The number of benzene rings is 1. The molecule has 1 aliphatic rings. The minimum atomic E-state index is 0.409. The van der Waals surface area contributed by atoms with Crippen molar-refractivity contribution in [1.82, 2.24) is 14.9 Å².